The monoisotopic (exact) mass is 240 g/mol. The summed E-state index contributed by atoms with van der Waals surface area (Å²) in [7, 11) is 0. The average molecular weight is 240 g/mol. The lowest BCUT2D eigenvalue weighted by Crippen LogP contribution is -2.43. The van der Waals surface area contributed by atoms with Gasteiger partial charge in [-0.05, 0) is 44.9 Å². The molecule has 1 unspecified atom stereocenters. The second-order valence-corrected chi connectivity index (χ2v) is 5.38. The maximum absolute atomic E-state index is 12.2. The second kappa shape index (κ2) is 6.87. The van der Waals surface area contributed by atoms with E-state index in [0.29, 0.717) is 0 Å². The maximum Gasteiger partial charge on any atom is 0.319 e. The summed E-state index contributed by atoms with van der Waals surface area (Å²) in [6.07, 6.45) is 3.61. The van der Waals surface area contributed by atoms with E-state index >= 15 is 0 Å². The van der Waals surface area contributed by atoms with E-state index in [1.54, 1.807) is 0 Å². The molecule has 0 radical (unpaired) electrons. The van der Waals surface area contributed by atoms with Crippen molar-refractivity contribution in [3.05, 3.63) is 0 Å². The van der Waals surface area contributed by atoms with Gasteiger partial charge in [-0.25, -0.2) is 4.79 Å². The van der Waals surface area contributed by atoms with Gasteiger partial charge in [0.1, 0.15) is 0 Å². The van der Waals surface area contributed by atoms with Crippen molar-refractivity contribution in [2.75, 3.05) is 26.2 Å². The third kappa shape index (κ3) is 3.90. The molecule has 1 aliphatic heterocycles. The Bertz CT molecular complexity index is 236. The van der Waals surface area contributed by atoms with Crippen LogP contribution in [0.2, 0.25) is 0 Å². The Kier molecular flexibility index (Phi) is 5.79. The van der Waals surface area contributed by atoms with Crippen molar-refractivity contribution in [3.8, 4) is 0 Å². The highest BCUT2D eigenvalue weighted by atomic mass is 16.2. The topological polar surface area (TPSA) is 23.6 Å². The molecule has 1 rings (SSSR count). The van der Waals surface area contributed by atoms with Gasteiger partial charge >= 0.3 is 6.03 Å². The van der Waals surface area contributed by atoms with Crippen LogP contribution in [0.3, 0.4) is 0 Å². The molecule has 0 bridgehead atoms. The Labute approximate surface area is 106 Å². The summed E-state index contributed by atoms with van der Waals surface area (Å²) in [5, 5.41) is 0. The van der Waals surface area contributed by atoms with Gasteiger partial charge < -0.3 is 9.80 Å². The Morgan fingerprint density at radius 1 is 1.24 bits per heavy atom. The van der Waals surface area contributed by atoms with Gasteiger partial charge in [-0.2, -0.15) is 0 Å². The molecule has 1 fully saturated rings. The number of hydrogen-bond donors (Lipinski definition) is 0. The quantitative estimate of drug-likeness (QED) is 0.743. The van der Waals surface area contributed by atoms with E-state index in [9.17, 15) is 4.79 Å². The molecule has 2 amide bonds. The van der Waals surface area contributed by atoms with Crippen LogP contribution in [0, 0.1) is 11.8 Å². The number of hydrogen-bond acceptors (Lipinski definition) is 1. The highest BCUT2D eigenvalue weighted by Gasteiger charge is 2.24. The minimum atomic E-state index is 0.236. The Morgan fingerprint density at radius 3 is 2.41 bits per heavy atom. The highest BCUT2D eigenvalue weighted by Crippen LogP contribution is 2.24. The van der Waals surface area contributed by atoms with Crippen LogP contribution in [0.25, 0.3) is 0 Å². The third-order valence-corrected chi connectivity index (χ3v) is 4.02. The maximum atomic E-state index is 12.2. The minimum Gasteiger partial charge on any atom is -0.325 e. The van der Waals surface area contributed by atoms with E-state index in [2.05, 4.69) is 32.6 Å². The van der Waals surface area contributed by atoms with E-state index in [0.717, 1.165) is 44.4 Å². The number of carbonyl (C=O) groups is 1. The zero-order valence-electron chi connectivity index (χ0n) is 11.9. The molecular weight excluding hydrogens is 212 g/mol. The van der Waals surface area contributed by atoms with E-state index in [1.807, 2.05) is 4.90 Å². The van der Waals surface area contributed by atoms with Gasteiger partial charge in [0.25, 0.3) is 0 Å². The standard InChI is InChI=1S/C14H28N2O/c1-5-15(6-2)14(17)16-10-7-8-13(9-11-16)12(3)4/h12-13H,5-11H2,1-4H3. The Balaban J connectivity index is 2.53. The van der Waals surface area contributed by atoms with Crippen LogP contribution in [-0.2, 0) is 0 Å². The molecule has 1 atom stereocenters. The van der Waals surface area contributed by atoms with E-state index < -0.39 is 0 Å². The molecule has 0 aromatic heterocycles. The predicted molar refractivity (Wildman–Crippen MR) is 72.1 cm³/mol. The normalized spacial score (nSPS) is 21.5. The molecular formula is C14H28N2O. The average Bonchev–Trinajstić information content (AvgIpc) is 2.55. The first-order valence-electron chi connectivity index (χ1n) is 7.13. The van der Waals surface area contributed by atoms with Crippen molar-refractivity contribution in [2.45, 2.75) is 47.0 Å². The smallest absolute Gasteiger partial charge is 0.319 e. The van der Waals surface area contributed by atoms with Crippen molar-refractivity contribution in [2.24, 2.45) is 11.8 Å². The predicted octanol–water partition coefficient (Wildman–Crippen LogP) is 3.21. The minimum absolute atomic E-state index is 0.236. The second-order valence-electron chi connectivity index (χ2n) is 5.38. The summed E-state index contributed by atoms with van der Waals surface area (Å²) in [4.78, 5) is 16.2. The molecule has 0 aliphatic carbocycles. The summed E-state index contributed by atoms with van der Waals surface area (Å²) >= 11 is 0. The summed E-state index contributed by atoms with van der Waals surface area (Å²) in [6.45, 7) is 12.2. The Morgan fingerprint density at radius 2 is 1.88 bits per heavy atom. The van der Waals surface area contributed by atoms with Crippen molar-refractivity contribution < 1.29 is 4.79 Å². The first-order valence-corrected chi connectivity index (χ1v) is 7.13. The van der Waals surface area contributed by atoms with Crippen LogP contribution in [-0.4, -0.2) is 42.0 Å². The SMILES string of the molecule is CCN(CC)C(=O)N1CCCC(C(C)C)CC1. The molecule has 0 saturated carbocycles. The van der Waals surface area contributed by atoms with Crippen LogP contribution in [0.1, 0.15) is 47.0 Å². The van der Waals surface area contributed by atoms with E-state index in [4.69, 9.17) is 0 Å². The highest BCUT2D eigenvalue weighted by molar-refractivity contribution is 5.74. The van der Waals surface area contributed by atoms with E-state index in [-0.39, 0.29) is 6.03 Å². The lowest BCUT2D eigenvalue weighted by Gasteiger charge is -2.28. The summed E-state index contributed by atoms with van der Waals surface area (Å²) < 4.78 is 0. The number of amides is 2. The zero-order chi connectivity index (χ0) is 12.8. The molecule has 17 heavy (non-hydrogen) atoms. The lowest BCUT2D eigenvalue weighted by atomic mass is 9.89. The summed E-state index contributed by atoms with van der Waals surface area (Å²) in [5.41, 5.74) is 0. The van der Waals surface area contributed by atoms with Crippen LogP contribution >= 0.6 is 0 Å². The molecule has 1 heterocycles. The first kappa shape index (κ1) is 14.3. The fourth-order valence-electron chi connectivity index (χ4n) is 2.67. The molecule has 3 nitrogen and oxygen atoms in total. The molecule has 0 spiro atoms. The number of likely N-dealkylation sites (tertiary alicyclic amines) is 1. The number of rotatable bonds is 3. The van der Waals surface area contributed by atoms with Gasteiger partial charge in [0.05, 0.1) is 0 Å². The van der Waals surface area contributed by atoms with Crippen molar-refractivity contribution >= 4 is 6.03 Å². The van der Waals surface area contributed by atoms with Crippen molar-refractivity contribution in [3.63, 3.8) is 0 Å². The van der Waals surface area contributed by atoms with Crippen LogP contribution < -0.4 is 0 Å². The summed E-state index contributed by atoms with van der Waals surface area (Å²) in [6, 6.07) is 0.236. The molecule has 1 aliphatic rings. The molecule has 0 aromatic carbocycles. The van der Waals surface area contributed by atoms with Crippen molar-refractivity contribution in [1.82, 2.24) is 9.80 Å². The summed E-state index contributed by atoms with van der Waals surface area (Å²) in [5.74, 6) is 1.54. The van der Waals surface area contributed by atoms with Gasteiger partial charge in [-0.3, -0.25) is 0 Å². The fourth-order valence-corrected chi connectivity index (χ4v) is 2.67. The number of carbonyl (C=O) groups excluding carboxylic acids is 1. The molecule has 1 saturated heterocycles. The van der Waals surface area contributed by atoms with Gasteiger partial charge in [0.15, 0.2) is 0 Å². The van der Waals surface area contributed by atoms with Gasteiger partial charge in [-0.1, -0.05) is 13.8 Å². The van der Waals surface area contributed by atoms with Gasteiger partial charge in [0, 0.05) is 26.2 Å². The molecule has 0 aromatic rings. The van der Waals surface area contributed by atoms with Crippen LogP contribution in [0.4, 0.5) is 4.79 Å². The molecule has 0 N–H and O–H groups in total. The fraction of sp³-hybridized carbons (Fsp3) is 0.929. The van der Waals surface area contributed by atoms with Gasteiger partial charge in [-0.15, -0.1) is 0 Å². The number of urea groups is 1. The molecule has 3 heteroatoms. The van der Waals surface area contributed by atoms with Crippen LogP contribution in [0.5, 0.6) is 0 Å². The Hall–Kier alpha value is -0.730. The van der Waals surface area contributed by atoms with Crippen molar-refractivity contribution in [1.29, 1.82) is 0 Å². The number of nitrogens with zero attached hydrogens (tertiary/aromatic N) is 2. The largest absolute Gasteiger partial charge is 0.325 e. The first-order chi connectivity index (χ1) is 8.10. The lowest BCUT2D eigenvalue weighted by molar-refractivity contribution is 0.158. The molecule has 100 valence electrons. The van der Waals surface area contributed by atoms with E-state index in [1.165, 1.54) is 12.8 Å². The van der Waals surface area contributed by atoms with Crippen LogP contribution in [0.15, 0.2) is 0 Å². The third-order valence-electron chi connectivity index (χ3n) is 4.02. The zero-order valence-corrected chi connectivity index (χ0v) is 11.9. The van der Waals surface area contributed by atoms with Gasteiger partial charge in [0.2, 0.25) is 0 Å².